The van der Waals surface area contributed by atoms with Crippen LogP contribution in [0.25, 0.3) is 10.9 Å². The third-order valence-corrected chi connectivity index (χ3v) is 2.93. The number of rotatable bonds is 3. The average Bonchev–Trinajstić information content (AvgIpc) is 2.59. The summed E-state index contributed by atoms with van der Waals surface area (Å²) in [5, 5.41) is 13.3. The van der Waals surface area contributed by atoms with E-state index in [9.17, 15) is 9.65 Å². The fourth-order valence-corrected chi connectivity index (χ4v) is 2.06. The molecule has 1 aromatic carbocycles. The second-order valence-electron chi connectivity index (χ2n) is 3.94. The lowest BCUT2D eigenvalue weighted by molar-refractivity contribution is 0.629. The molecular formula is C13H14FN3. The average molecular weight is 231 g/mol. The molecule has 1 N–H and O–H groups in total. The molecule has 88 valence electrons. The lowest BCUT2D eigenvalue weighted by Gasteiger charge is -2.00. The van der Waals surface area contributed by atoms with Gasteiger partial charge in [-0.2, -0.15) is 5.26 Å². The van der Waals surface area contributed by atoms with Crippen molar-refractivity contribution in [3.8, 4) is 6.07 Å². The largest absolute Gasteiger partial charge is 0.335 e. The highest BCUT2D eigenvalue weighted by molar-refractivity contribution is 5.86. The summed E-state index contributed by atoms with van der Waals surface area (Å²) in [5.74, 6) is -0.280. The molecule has 1 heterocycles. The van der Waals surface area contributed by atoms with Gasteiger partial charge in [0, 0.05) is 24.5 Å². The monoisotopic (exact) mass is 231 g/mol. The van der Waals surface area contributed by atoms with Gasteiger partial charge in [0.25, 0.3) is 0 Å². The second-order valence-corrected chi connectivity index (χ2v) is 3.94. The zero-order chi connectivity index (χ0) is 12.4. The smallest absolute Gasteiger partial charge is 0.125 e. The van der Waals surface area contributed by atoms with E-state index in [1.807, 2.05) is 6.92 Å². The summed E-state index contributed by atoms with van der Waals surface area (Å²) in [6.07, 6.45) is 0. The Balaban J connectivity index is 2.67. The van der Waals surface area contributed by atoms with Crippen molar-refractivity contribution in [2.24, 2.45) is 7.05 Å². The third-order valence-electron chi connectivity index (χ3n) is 2.93. The van der Waals surface area contributed by atoms with E-state index in [-0.39, 0.29) is 5.82 Å². The molecule has 1 aromatic heterocycles. The molecule has 2 rings (SSSR count). The molecule has 0 aliphatic rings. The van der Waals surface area contributed by atoms with Crippen LogP contribution in [0.5, 0.6) is 0 Å². The Morgan fingerprint density at radius 3 is 2.88 bits per heavy atom. The van der Waals surface area contributed by atoms with Crippen molar-refractivity contribution in [1.82, 2.24) is 9.88 Å². The van der Waals surface area contributed by atoms with Crippen LogP contribution in [0.15, 0.2) is 18.2 Å². The van der Waals surface area contributed by atoms with Crippen molar-refractivity contribution in [2.45, 2.75) is 13.5 Å². The van der Waals surface area contributed by atoms with Crippen LogP contribution in [0.3, 0.4) is 0 Å². The molecule has 0 aliphatic heterocycles. The fraction of sp³-hybridized carbons (Fsp3) is 0.308. The van der Waals surface area contributed by atoms with Crippen LogP contribution in [-0.4, -0.2) is 11.1 Å². The molecule has 0 saturated carbocycles. The first-order chi connectivity index (χ1) is 8.19. The molecule has 2 aromatic rings. The van der Waals surface area contributed by atoms with Crippen molar-refractivity contribution in [2.75, 3.05) is 6.54 Å². The first-order valence-electron chi connectivity index (χ1n) is 5.56. The zero-order valence-electron chi connectivity index (χ0n) is 9.92. The lowest BCUT2D eigenvalue weighted by Crippen LogP contribution is -2.12. The summed E-state index contributed by atoms with van der Waals surface area (Å²) in [4.78, 5) is 0. The molecule has 0 atom stereocenters. The molecule has 3 nitrogen and oxygen atoms in total. The van der Waals surface area contributed by atoms with Crippen molar-refractivity contribution in [1.29, 1.82) is 5.26 Å². The van der Waals surface area contributed by atoms with E-state index in [0.717, 1.165) is 23.0 Å². The van der Waals surface area contributed by atoms with Gasteiger partial charge in [-0.15, -0.1) is 0 Å². The molecule has 0 aliphatic carbocycles. The van der Waals surface area contributed by atoms with Crippen molar-refractivity contribution < 1.29 is 4.39 Å². The molecule has 0 fully saturated rings. The number of hydrogen-bond donors (Lipinski definition) is 1. The normalized spacial score (nSPS) is 10.7. The van der Waals surface area contributed by atoms with E-state index < -0.39 is 0 Å². The molecule has 0 saturated heterocycles. The SMILES string of the molecule is CCNCc1c(C#N)n(C)c2cc(F)ccc12. The van der Waals surface area contributed by atoms with E-state index >= 15 is 0 Å². The highest BCUT2D eigenvalue weighted by Gasteiger charge is 2.14. The summed E-state index contributed by atoms with van der Waals surface area (Å²) >= 11 is 0. The van der Waals surface area contributed by atoms with Gasteiger partial charge < -0.3 is 9.88 Å². The summed E-state index contributed by atoms with van der Waals surface area (Å²) in [6, 6.07) is 6.81. The minimum atomic E-state index is -0.280. The number of hydrogen-bond acceptors (Lipinski definition) is 2. The van der Waals surface area contributed by atoms with Gasteiger partial charge in [0.2, 0.25) is 0 Å². The van der Waals surface area contributed by atoms with E-state index in [4.69, 9.17) is 0 Å². The Morgan fingerprint density at radius 2 is 2.24 bits per heavy atom. The van der Waals surface area contributed by atoms with Crippen molar-refractivity contribution >= 4 is 10.9 Å². The summed E-state index contributed by atoms with van der Waals surface area (Å²) in [5.41, 5.74) is 2.29. The van der Waals surface area contributed by atoms with E-state index in [2.05, 4.69) is 11.4 Å². The molecular weight excluding hydrogens is 217 g/mol. The quantitative estimate of drug-likeness (QED) is 0.880. The fourth-order valence-electron chi connectivity index (χ4n) is 2.06. The number of halogens is 1. The maximum atomic E-state index is 13.2. The highest BCUT2D eigenvalue weighted by atomic mass is 19.1. The maximum absolute atomic E-state index is 13.2. The van der Waals surface area contributed by atoms with E-state index in [0.29, 0.717) is 12.2 Å². The Hall–Kier alpha value is -1.86. The Morgan fingerprint density at radius 1 is 1.47 bits per heavy atom. The van der Waals surface area contributed by atoms with Crippen LogP contribution in [-0.2, 0) is 13.6 Å². The van der Waals surface area contributed by atoms with Gasteiger partial charge in [-0.05, 0) is 24.7 Å². The molecule has 0 spiro atoms. The van der Waals surface area contributed by atoms with Gasteiger partial charge in [-0.1, -0.05) is 6.92 Å². The van der Waals surface area contributed by atoms with Gasteiger partial charge in [-0.25, -0.2) is 4.39 Å². The lowest BCUT2D eigenvalue weighted by atomic mass is 10.1. The van der Waals surface area contributed by atoms with Gasteiger partial charge in [-0.3, -0.25) is 0 Å². The van der Waals surface area contributed by atoms with Gasteiger partial charge >= 0.3 is 0 Å². The van der Waals surface area contributed by atoms with Crippen LogP contribution in [0, 0.1) is 17.1 Å². The zero-order valence-corrected chi connectivity index (χ0v) is 9.92. The number of benzene rings is 1. The van der Waals surface area contributed by atoms with Crippen LogP contribution in [0.1, 0.15) is 18.2 Å². The minimum Gasteiger partial charge on any atom is -0.335 e. The van der Waals surface area contributed by atoms with Crippen molar-refractivity contribution in [3.63, 3.8) is 0 Å². The molecule has 17 heavy (non-hydrogen) atoms. The summed E-state index contributed by atoms with van der Waals surface area (Å²) in [7, 11) is 1.79. The van der Waals surface area contributed by atoms with Crippen LogP contribution < -0.4 is 5.32 Å². The minimum absolute atomic E-state index is 0.280. The predicted octanol–water partition coefficient (Wildman–Crippen LogP) is 2.30. The summed E-state index contributed by atoms with van der Waals surface area (Å²) in [6.45, 7) is 3.47. The Labute approximate surface area is 99.5 Å². The Bertz CT molecular complexity index is 593. The van der Waals surface area contributed by atoms with Gasteiger partial charge in [0.15, 0.2) is 0 Å². The number of aromatic nitrogens is 1. The maximum Gasteiger partial charge on any atom is 0.125 e. The first kappa shape index (κ1) is 11.6. The number of fused-ring (bicyclic) bond motifs is 1. The van der Waals surface area contributed by atoms with Crippen LogP contribution >= 0.6 is 0 Å². The Kier molecular flexibility index (Phi) is 3.12. The number of nitriles is 1. The number of aryl methyl sites for hydroxylation is 1. The van der Waals surface area contributed by atoms with Crippen molar-refractivity contribution in [3.05, 3.63) is 35.3 Å². The van der Waals surface area contributed by atoms with Crippen LogP contribution in [0.2, 0.25) is 0 Å². The number of nitrogens with zero attached hydrogens (tertiary/aromatic N) is 2. The topological polar surface area (TPSA) is 40.8 Å². The highest BCUT2D eigenvalue weighted by Crippen LogP contribution is 2.25. The van der Waals surface area contributed by atoms with E-state index in [1.165, 1.54) is 12.1 Å². The second kappa shape index (κ2) is 4.56. The standard InChI is InChI=1S/C13H14FN3/c1-3-16-8-11-10-5-4-9(14)6-12(10)17(2)13(11)7-15/h4-6,16H,3,8H2,1-2H3. The van der Waals surface area contributed by atoms with E-state index in [1.54, 1.807) is 17.7 Å². The predicted molar refractivity (Wildman–Crippen MR) is 65.0 cm³/mol. The summed E-state index contributed by atoms with van der Waals surface area (Å²) < 4.78 is 14.9. The molecule has 0 unspecified atom stereocenters. The molecule has 0 bridgehead atoms. The number of nitrogens with one attached hydrogen (secondary N) is 1. The van der Waals surface area contributed by atoms with Gasteiger partial charge in [0.1, 0.15) is 17.6 Å². The first-order valence-corrected chi connectivity index (χ1v) is 5.56. The van der Waals surface area contributed by atoms with Crippen LogP contribution in [0.4, 0.5) is 4.39 Å². The molecule has 0 radical (unpaired) electrons. The molecule has 0 amide bonds. The van der Waals surface area contributed by atoms with Gasteiger partial charge in [0.05, 0.1) is 5.52 Å². The molecule has 4 heteroatoms. The third kappa shape index (κ3) is 1.90.